The normalized spacial score (nSPS) is 10.6. The molecule has 2 N–H and O–H groups in total. The van der Waals surface area contributed by atoms with Crippen molar-refractivity contribution in [2.45, 2.75) is 20.8 Å². The molecule has 20 heavy (non-hydrogen) atoms. The number of methoxy groups -OCH3 is 1. The summed E-state index contributed by atoms with van der Waals surface area (Å²) in [6, 6.07) is 6.91. The number of carbonyl (C=O) groups is 1. The lowest BCUT2D eigenvalue weighted by molar-refractivity contribution is 0.195. The van der Waals surface area contributed by atoms with Crippen LogP contribution >= 0.6 is 12.2 Å². The van der Waals surface area contributed by atoms with Gasteiger partial charge in [-0.1, -0.05) is 26.8 Å². The van der Waals surface area contributed by atoms with Crippen molar-refractivity contribution < 1.29 is 14.3 Å². The van der Waals surface area contributed by atoms with Crippen LogP contribution in [0.25, 0.3) is 0 Å². The van der Waals surface area contributed by atoms with Gasteiger partial charge in [-0.25, -0.2) is 4.79 Å². The molecule has 0 saturated heterocycles. The Hall–Kier alpha value is -1.82. The molecule has 0 aliphatic rings. The average molecular weight is 296 g/mol. The lowest BCUT2D eigenvalue weighted by Crippen LogP contribution is -2.34. The molecule has 0 saturated carbocycles. The summed E-state index contributed by atoms with van der Waals surface area (Å²) in [4.78, 5) is 11.6. The second-order valence-electron chi connectivity index (χ2n) is 5.45. The zero-order valence-corrected chi connectivity index (χ0v) is 13.0. The number of benzene rings is 1. The van der Waals surface area contributed by atoms with E-state index < -0.39 is 6.09 Å². The zero-order valence-electron chi connectivity index (χ0n) is 12.1. The minimum atomic E-state index is -0.480. The Bertz CT molecular complexity index is 484. The third-order valence-electron chi connectivity index (χ3n) is 2.24. The molecule has 0 aliphatic carbocycles. The molecule has 0 atom stereocenters. The van der Waals surface area contributed by atoms with Crippen molar-refractivity contribution in [3.63, 3.8) is 0 Å². The first-order chi connectivity index (χ1) is 9.30. The van der Waals surface area contributed by atoms with Crippen molar-refractivity contribution in [1.82, 2.24) is 5.32 Å². The van der Waals surface area contributed by atoms with Crippen LogP contribution in [-0.2, 0) is 4.74 Å². The fourth-order valence-electron chi connectivity index (χ4n) is 1.29. The van der Waals surface area contributed by atoms with Gasteiger partial charge in [0.25, 0.3) is 5.17 Å². The van der Waals surface area contributed by atoms with Crippen molar-refractivity contribution in [3.05, 3.63) is 24.3 Å². The summed E-state index contributed by atoms with van der Waals surface area (Å²) in [7, 11) is 1.48. The van der Waals surface area contributed by atoms with Crippen LogP contribution in [0.1, 0.15) is 20.8 Å². The molecule has 6 heteroatoms. The van der Waals surface area contributed by atoms with E-state index in [2.05, 4.69) is 10.6 Å². The molecule has 110 valence electrons. The number of carbonyl (C=O) groups excluding carboxylic acids is 1. The van der Waals surface area contributed by atoms with Gasteiger partial charge in [-0.15, -0.1) is 0 Å². The molecule has 0 aromatic heterocycles. The highest BCUT2D eigenvalue weighted by atomic mass is 32.1. The molecule has 0 unspecified atom stereocenters. The number of amides is 1. The molecule has 0 bridgehead atoms. The summed E-state index contributed by atoms with van der Waals surface area (Å²) in [6.07, 6.45) is -0.480. The number of anilines is 1. The molecular formula is C14H20N2O3S. The highest BCUT2D eigenvalue weighted by molar-refractivity contribution is 7.80. The van der Waals surface area contributed by atoms with Gasteiger partial charge < -0.3 is 20.1 Å². The number of ether oxygens (including phenoxy) is 2. The highest BCUT2D eigenvalue weighted by Gasteiger charge is 2.13. The monoisotopic (exact) mass is 296 g/mol. The Morgan fingerprint density at radius 3 is 2.65 bits per heavy atom. The number of rotatable bonds is 3. The molecule has 0 spiro atoms. The maximum absolute atomic E-state index is 11.6. The summed E-state index contributed by atoms with van der Waals surface area (Å²) in [6.45, 7) is 6.63. The van der Waals surface area contributed by atoms with Crippen molar-refractivity contribution in [1.29, 1.82) is 0 Å². The highest BCUT2D eigenvalue weighted by Crippen LogP contribution is 2.18. The second kappa shape index (κ2) is 7.09. The van der Waals surface area contributed by atoms with Crippen LogP contribution in [0, 0.1) is 5.41 Å². The maximum atomic E-state index is 11.6. The van der Waals surface area contributed by atoms with Gasteiger partial charge in [0, 0.05) is 18.3 Å². The van der Waals surface area contributed by atoms with Crippen molar-refractivity contribution >= 4 is 29.2 Å². The first-order valence-corrected chi connectivity index (χ1v) is 6.62. The number of hydrogen-bond donors (Lipinski definition) is 2. The van der Waals surface area contributed by atoms with Gasteiger partial charge in [-0.05, 0) is 29.8 Å². The van der Waals surface area contributed by atoms with Gasteiger partial charge in [-0.2, -0.15) is 0 Å². The first kappa shape index (κ1) is 16.2. The van der Waals surface area contributed by atoms with Crippen LogP contribution in [0.5, 0.6) is 5.75 Å². The predicted molar refractivity (Wildman–Crippen MR) is 83.2 cm³/mol. The van der Waals surface area contributed by atoms with Gasteiger partial charge in [0.15, 0.2) is 0 Å². The van der Waals surface area contributed by atoms with E-state index in [1.165, 1.54) is 7.11 Å². The number of thiocarbonyl (C=S) groups is 1. The Morgan fingerprint density at radius 1 is 1.35 bits per heavy atom. The molecule has 1 rings (SSSR count). The lowest BCUT2D eigenvalue weighted by atomic mass is 9.97. The van der Waals surface area contributed by atoms with Crippen molar-refractivity contribution in [3.8, 4) is 5.75 Å². The van der Waals surface area contributed by atoms with E-state index in [0.29, 0.717) is 18.0 Å². The summed E-state index contributed by atoms with van der Waals surface area (Å²) in [5, 5.41) is 5.82. The summed E-state index contributed by atoms with van der Waals surface area (Å²) >= 11 is 4.90. The molecular weight excluding hydrogens is 276 g/mol. The summed E-state index contributed by atoms with van der Waals surface area (Å²) in [5.41, 5.74) is 0.700. The molecule has 1 amide bonds. The molecule has 0 radical (unpaired) electrons. The Morgan fingerprint density at radius 2 is 2.05 bits per heavy atom. The Kier molecular flexibility index (Phi) is 5.76. The van der Waals surface area contributed by atoms with E-state index in [4.69, 9.17) is 21.7 Å². The van der Waals surface area contributed by atoms with E-state index >= 15 is 0 Å². The fraction of sp³-hybridized carbons (Fsp3) is 0.429. The van der Waals surface area contributed by atoms with E-state index in [-0.39, 0.29) is 10.6 Å². The van der Waals surface area contributed by atoms with Crippen LogP contribution in [0.15, 0.2) is 24.3 Å². The van der Waals surface area contributed by atoms with Crippen LogP contribution in [0.4, 0.5) is 10.5 Å². The summed E-state index contributed by atoms with van der Waals surface area (Å²) < 4.78 is 10.0. The third-order valence-corrected chi connectivity index (χ3v) is 2.51. The third kappa shape index (κ3) is 6.38. The molecule has 0 heterocycles. The largest absolute Gasteiger partial charge is 0.474 e. The van der Waals surface area contributed by atoms with Crippen LogP contribution in [0.2, 0.25) is 0 Å². The minimum Gasteiger partial charge on any atom is -0.474 e. The zero-order chi connectivity index (χ0) is 15.2. The topological polar surface area (TPSA) is 59.6 Å². The van der Waals surface area contributed by atoms with Gasteiger partial charge in [0.2, 0.25) is 0 Å². The molecule has 0 fully saturated rings. The Balaban J connectivity index is 2.57. The fourth-order valence-corrected chi connectivity index (χ4v) is 1.40. The van der Waals surface area contributed by atoms with Gasteiger partial charge in [-0.3, -0.25) is 0 Å². The van der Waals surface area contributed by atoms with Gasteiger partial charge in [0.05, 0.1) is 7.11 Å². The van der Waals surface area contributed by atoms with Crippen molar-refractivity contribution in [2.75, 3.05) is 19.0 Å². The van der Waals surface area contributed by atoms with Crippen LogP contribution < -0.4 is 15.4 Å². The quantitative estimate of drug-likeness (QED) is 0.839. The van der Waals surface area contributed by atoms with Gasteiger partial charge >= 0.3 is 6.09 Å². The van der Waals surface area contributed by atoms with E-state index in [9.17, 15) is 4.79 Å². The SMILES string of the molecule is COC(=S)Nc1cccc(OC(=O)NCC(C)(C)C)c1. The summed E-state index contributed by atoms with van der Waals surface area (Å²) in [5.74, 6) is 0.431. The van der Waals surface area contributed by atoms with Crippen LogP contribution in [-0.4, -0.2) is 24.9 Å². The predicted octanol–water partition coefficient (Wildman–Crippen LogP) is 3.16. The Labute approximate surface area is 124 Å². The van der Waals surface area contributed by atoms with E-state index in [1.54, 1.807) is 24.3 Å². The smallest absolute Gasteiger partial charge is 0.412 e. The molecule has 1 aromatic rings. The lowest BCUT2D eigenvalue weighted by Gasteiger charge is -2.18. The van der Waals surface area contributed by atoms with E-state index in [1.807, 2.05) is 20.8 Å². The average Bonchev–Trinajstić information content (AvgIpc) is 2.36. The first-order valence-electron chi connectivity index (χ1n) is 6.21. The number of hydrogen-bond acceptors (Lipinski definition) is 4. The molecule has 0 aliphatic heterocycles. The van der Waals surface area contributed by atoms with E-state index in [0.717, 1.165) is 0 Å². The van der Waals surface area contributed by atoms with Crippen molar-refractivity contribution in [2.24, 2.45) is 5.41 Å². The minimum absolute atomic E-state index is 0.00702. The van der Waals surface area contributed by atoms with Crippen LogP contribution in [0.3, 0.4) is 0 Å². The molecule has 5 nitrogen and oxygen atoms in total. The standard InChI is InChI=1S/C14H20N2O3S/c1-14(2,3)9-15-12(17)19-11-7-5-6-10(8-11)16-13(20)18-4/h5-8H,9H2,1-4H3,(H,15,17)(H,16,20). The number of nitrogens with one attached hydrogen (secondary N) is 2. The maximum Gasteiger partial charge on any atom is 0.412 e. The molecule has 1 aromatic carbocycles. The second-order valence-corrected chi connectivity index (χ2v) is 5.82. The van der Waals surface area contributed by atoms with Gasteiger partial charge in [0.1, 0.15) is 5.75 Å².